The molecule has 1 atom stereocenters. The van der Waals surface area contributed by atoms with Crippen LogP contribution in [0.3, 0.4) is 0 Å². The topological polar surface area (TPSA) is 78.4 Å². The fourth-order valence-corrected chi connectivity index (χ4v) is 1.76. The van der Waals surface area contributed by atoms with E-state index in [9.17, 15) is 18.4 Å². The highest BCUT2D eigenvalue weighted by Gasteiger charge is 2.15. The van der Waals surface area contributed by atoms with Gasteiger partial charge in [0.15, 0.2) is 0 Å². The Morgan fingerprint density at radius 3 is 2.33 bits per heavy atom. The van der Waals surface area contributed by atoms with Crippen LogP contribution in [-0.4, -0.2) is 30.2 Å². The lowest BCUT2D eigenvalue weighted by molar-refractivity contribution is -0.141. The number of rotatable bonds is 7. The molecule has 1 aromatic rings. The molecular formula is C14H18F2N2O3. The maximum Gasteiger partial charge on any atom is 0.314 e. The standard InChI is InChI=1S/C14H18F2N2O3/c1-2-10(13(19)20)8-18-14(21)17-4-3-9-5-11(15)7-12(16)6-9/h5-7,10H,2-4,8H2,1H3,(H,19,20)(H2,17,18,21). The van der Waals surface area contributed by atoms with E-state index in [1.54, 1.807) is 6.92 Å². The Morgan fingerprint density at radius 1 is 1.19 bits per heavy atom. The third-order valence-electron chi connectivity index (χ3n) is 2.97. The van der Waals surface area contributed by atoms with E-state index in [1.165, 1.54) is 12.1 Å². The zero-order valence-corrected chi connectivity index (χ0v) is 11.7. The van der Waals surface area contributed by atoms with Crippen LogP contribution < -0.4 is 10.6 Å². The Bertz CT molecular complexity index is 489. The number of urea groups is 1. The van der Waals surface area contributed by atoms with Crippen molar-refractivity contribution in [1.29, 1.82) is 0 Å². The molecule has 5 nitrogen and oxygen atoms in total. The van der Waals surface area contributed by atoms with Gasteiger partial charge < -0.3 is 15.7 Å². The summed E-state index contributed by atoms with van der Waals surface area (Å²) in [6, 6.07) is 2.66. The molecule has 7 heteroatoms. The van der Waals surface area contributed by atoms with Crippen LogP contribution >= 0.6 is 0 Å². The summed E-state index contributed by atoms with van der Waals surface area (Å²) in [7, 11) is 0. The Balaban J connectivity index is 2.32. The molecule has 0 saturated heterocycles. The van der Waals surface area contributed by atoms with Crippen LogP contribution in [0, 0.1) is 17.6 Å². The number of carboxylic acids is 1. The van der Waals surface area contributed by atoms with Crippen LogP contribution in [-0.2, 0) is 11.2 Å². The molecule has 0 radical (unpaired) electrons. The zero-order valence-electron chi connectivity index (χ0n) is 11.7. The van der Waals surface area contributed by atoms with E-state index in [1.807, 2.05) is 0 Å². The van der Waals surface area contributed by atoms with Gasteiger partial charge in [-0.05, 0) is 30.5 Å². The van der Waals surface area contributed by atoms with Gasteiger partial charge in [-0.15, -0.1) is 0 Å². The Kier molecular flexibility index (Phi) is 6.58. The number of carboxylic acid groups (broad SMARTS) is 1. The predicted octanol–water partition coefficient (Wildman–Crippen LogP) is 1.92. The van der Waals surface area contributed by atoms with E-state index >= 15 is 0 Å². The third-order valence-corrected chi connectivity index (χ3v) is 2.97. The molecule has 0 spiro atoms. The van der Waals surface area contributed by atoms with Crippen LogP contribution in [0.4, 0.5) is 13.6 Å². The summed E-state index contributed by atoms with van der Waals surface area (Å²) in [6.45, 7) is 1.95. The Labute approximate surface area is 121 Å². The summed E-state index contributed by atoms with van der Waals surface area (Å²) in [5.74, 6) is -2.93. The highest BCUT2D eigenvalue weighted by Crippen LogP contribution is 2.08. The van der Waals surface area contributed by atoms with Crippen LogP contribution in [0.2, 0.25) is 0 Å². The van der Waals surface area contributed by atoms with Crippen molar-refractivity contribution in [2.24, 2.45) is 5.92 Å². The summed E-state index contributed by atoms with van der Waals surface area (Å²) >= 11 is 0. The number of benzene rings is 1. The summed E-state index contributed by atoms with van der Waals surface area (Å²) in [5.41, 5.74) is 0.435. The van der Waals surface area contributed by atoms with Gasteiger partial charge in [0, 0.05) is 19.2 Å². The number of nitrogens with one attached hydrogen (secondary N) is 2. The van der Waals surface area contributed by atoms with Crippen molar-refractivity contribution < 1.29 is 23.5 Å². The monoisotopic (exact) mass is 300 g/mol. The van der Waals surface area contributed by atoms with Gasteiger partial charge in [-0.3, -0.25) is 4.79 Å². The van der Waals surface area contributed by atoms with Gasteiger partial charge in [0.1, 0.15) is 11.6 Å². The van der Waals surface area contributed by atoms with Crippen LogP contribution in [0.15, 0.2) is 18.2 Å². The number of carbonyl (C=O) groups is 2. The molecule has 21 heavy (non-hydrogen) atoms. The van der Waals surface area contributed by atoms with Gasteiger partial charge in [-0.1, -0.05) is 6.92 Å². The predicted molar refractivity (Wildman–Crippen MR) is 72.9 cm³/mol. The molecule has 3 N–H and O–H groups in total. The molecule has 0 aliphatic carbocycles. The SMILES string of the molecule is CCC(CNC(=O)NCCc1cc(F)cc(F)c1)C(=O)O. The van der Waals surface area contributed by atoms with Crippen molar-refractivity contribution in [3.05, 3.63) is 35.4 Å². The van der Waals surface area contributed by atoms with Crippen LogP contribution in [0.1, 0.15) is 18.9 Å². The van der Waals surface area contributed by atoms with Crippen molar-refractivity contribution in [1.82, 2.24) is 10.6 Å². The van der Waals surface area contributed by atoms with Gasteiger partial charge in [0.05, 0.1) is 5.92 Å². The second kappa shape index (κ2) is 8.18. The largest absolute Gasteiger partial charge is 0.481 e. The number of amides is 2. The summed E-state index contributed by atoms with van der Waals surface area (Å²) in [5, 5.41) is 13.8. The minimum Gasteiger partial charge on any atom is -0.481 e. The highest BCUT2D eigenvalue weighted by molar-refractivity contribution is 5.75. The maximum absolute atomic E-state index is 12.9. The Morgan fingerprint density at radius 2 is 1.81 bits per heavy atom. The van der Waals surface area contributed by atoms with E-state index in [0.29, 0.717) is 12.0 Å². The van der Waals surface area contributed by atoms with Gasteiger partial charge in [0.25, 0.3) is 0 Å². The average Bonchev–Trinajstić information content (AvgIpc) is 2.37. The van der Waals surface area contributed by atoms with Crippen molar-refractivity contribution in [3.8, 4) is 0 Å². The molecule has 1 unspecified atom stereocenters. The minimum atomic E-state index is -0.965. The first kappa shape index (κ1) is 16.9. The molecule has 2 amide bonds. The molecule has 0 fully saturated rings. The molecule has 0 aliphatic rings. The fraction of sp³-hybridized carbons (Fsp3) is 0.429. The van der Waals surface area contributed by atoms with Crippen molar-refractivity contribution in [2.75, 3.05) is 13.1 Å². The van der Waals surface area contributed by atoms with E-state index in [-0.39, 0.29) is 19.5 Å². The first-order valence-corrected chi connectivity index (χ1v) is 6.61. The molecule has 1 rings (SSSR count). The molecule has 1 aromatic carbocycles. The first-order chi connectivity index (χ1) is 9.92. The molecule has 0 aromatic heterocycles. The summed E-state index contributed by atoms with van der Waals surface area (Å²) in [6.07, 6.45) is 0.691. The second-order valence-electron chi connectivity index (χ2n) is 4.61. The number of carbonyl (C=O) groups excluding carboxylic acids is 1. The van der Waals surface area contributed by atoms with Crippen molar-refractivity contribution in [2.45, 2.75) is 19.8 Å². The number of hydrogen-bond donors (Lipinski definition) is 3. The molecule has 0 saturated carbocycles. The molecule has 0 aliphatic heterocycles. The van der Waals surface area contributed by atoms with Gasteiger partial charge in [0.2, 0.25) is 0 Å². The van der Waals surface area contributed by atoms with Crippen molar-refractivity contribution in [3.63, 3.8) is 0 Å². The lowest BCUT2D eigenvalue weighted by atomic mass is 10.1. The van der Waals surface area contributed by atoms with Gasteiger partial charge >= 0.3 is 12.0 Å². The maximum atomic E-state index is 12.9. The van der Waals surface area contributed by atoms with Gasteiger partial charge in [-0.25, -0.2) is 13.6 Å². The van der Waals surface area contributed by atoms with Crippen molar-refractivity contribution >= 4 is 12.0 Å². The lowest BCUT2D eigenvalue weighted by Gasteiger charge is -2.12. The number of halogens is 2. The second-order valence-corrected chi connectivity index (χ2v) is 4.61. The third kappa shape index (κ3) is 6.20. The van der Waals surface area contributed by atoms with E-state index in [2.05, 4.69) is 10.6 Å². The fourth-order valence-electron chi connectivity index (χ4n) is 1.76. The average molecular weight is 300 g/mol. The molecule has 116 valence electrons. The minimum absolute atomic E-state index is 0.0340. The quantitative estimate of drug-likeness (QED) is 0.720. The van der Waals surface area contributed by atoms with Gasteiger partial charge in [-0.2, -0.15) is 0 Å². The summed E-state index contributed by atoms with van der Waals surface area (Å²) < 4.78 is 25.9. The van der Waals surface area contributed by atoms with Crippen LogP contribution in [0.5, 0.6) is 0 Å². The number of aliphatic carboxylic acids is 1. The smallest absolute Gasteiger partial charge is 0.314 e. The number of hydrogen-bond acceptors (Lipinski definition) is 2. The van der Waals surface area contributed by atoms with E-state index in [4.69, 9.17) is 5.11 Å². The summed E-state index contributed by atoms with van der Waals surface area (Å²) in [4.78, 5) is 22.2. The zero-order chi connectivity index (χ0) is 15.8. The molecular weight excluding hydrogens is 282 g/mol. The first-order valence-electron chi connectivity index (χ1n) is 6.61. The van der Waals surface area contributed by atoms with E-state index < -0.39 is 29.6 Å². The highest BCUT2D eigenvalue weighted by atomic mass is 19.1. The van der Waals surface area contributed by atoms with E-state index in [0.717, 1.165) is 6.07 Å². The van der Waals surface area contributed by atoms with Crippen LogP contribution in [0.25, 0.3) is 0 Å². The Hall–Kier alpha value is -2.18. The molecule has 0 bridgehead atoms. The lowest BCUT2D eigenvalue weighted by Crippen LogP contribution is -2.40. The molecule has 0 heterocycles. The normalized spacial score (nSPS) is 11.8.